The first-order chi connectivity index (χ1) is 17.7. The number of hydrogen-bond acceptors (Lipinski definition) is 6. The van der Waals surface area contributed by atoms with Gasteiger partial charge in [0.05, 0.1) is 24.9 Å². The van der Waals surface area contributed by atoms with Gasteiger partial charge in [-0.05, 0) is 67.4 Å². The number of barbiturate groups is 1. The second kappa shape index (κ2) is 10.8. The number of anilines is 1. The van der Waals surface area contributed by atoms with Gasteiger partial charge in [-0.1, -0.05) is 40.9 Å². The Hall–Kier alpha value is -4.30. The highest BCUT2D eigenvalue weighted by atomic mass is 35.5. The number of nitrogens with zero attached hydrogens (tertiary/aromatic N) is 1. The van der Waals surface area contributed by atoms with Gasteiger partial charge in [0, 0.05) is 0 Å². The van der Waals surface area contributed by atoms with Crippen LogP contribution in [0.1, 0.15) is 22.3 Å². The molecule has 0 saturated carbocycles. The Morgan fingerprint density at radius 3 is 2.22 bits per heavy atom. The van der Waals surface area contributed by atoms with Crippen molar-refractivity contribution in [2.75, 3.05) is 19.1 Å². The summed E-state index contributed by atoms with van der Waals surface area (Å²) >= 11 is 6.51. The molecule has 0 unspecified atom stereocenters. The number of carbonyl (C=O) groups excluding carboxylic acids is 3. The number of carbonyl (C=O) groups is 3. The lowest BCUT2D eigenvalue weighted by Gasteiger charge is -2.26. The zero-order chi connectivity index (χ0) is 26.7. The molecule has 1 fully saturated rings. The summed E-state index contributed by atoms with van der Waals surface area (Å²) in [5.41, 5.74) is 3.69. The highest BCUT2D eigenvalue weighted by molar-refractivity contribution is 6.39. The van der Waals surface area contributed by atoms with E-state index in [0.717, 1.165) is 21.6 Å². The number of rotatable bonds is 7. The molecule has 3 aromatic rings. The number of methoxy groups -OCH3 is 2. The van der Waals surface area contributed by atoms with Crippen LogP contribution in [0.15, 0.2) is 60.2 Å². The molecule has 9 heteroatoms. The van der Waals surface area contributed by atoms with E-state index in [9.17, 15) is 14.4 Å². The van der Waals surface area contributed by atoms with Gasteiger partial charge in [0.1, 0.15) is 17.9 Å². The first kappa shape index (κ1) is 25.8. The molecule has 0 spiro atoms. The van der Waals surface area contributed by atoms with Crippen LogP contribution < -0.4 is 24.4 Å². The SMILES string of the molecule is COc1ccc(N2C(=O)NC(=O)/C(=C\c3cc(Cl)c(OCc4cc(C)cc(C)c4)c(OC)c3)C2=O)cc1. The standard InChI is InChI=1S/C28H25ClN2O6/c1-16-9-17(2)11-19(10-16)15-37-25-23(29)13-18(14-24(25)36-4)12-22-26(32)30-28(34)31(27(22)33)20-5-7-21(35-3)8-6-20/h5-14H,15H2,1-4H3,(H,30,32,34)/b22-12+. The fourth-order valence-corrected chi connectivity index (χ4v) is 4.33. The molecule has 0 aliphatic carbocycles. The van der Waals surface area contributed by atoms with Crippen LogP contribution >= 0.6 is 11.6 Å². The van der Waals surface area contributed by atoms with Gasteiger partial charge < -0.3 is 14.2 Å². The summed E-state index contributed by atoms with van der Waals surface area (Å²) in [6.45, 7) is 4.30. The van der Waals surface area contributed by atoms with Gasteiger partial charge in [-0.3, -0.25) is 14.9 Å². The van der Waals surface area contributed by atoms with Gasteiger partial charge >= 0.3 is 6.03 Å². The second-order valence-electron chi connectivity index (χ2n) is 8.47. The van der Waals surface area contributed by atoms with Crippen molar-refractivity contribution in [1.29, 1.82) is 0 Å². The zero-order valence-corrected chi connectivity index (χ0v) is 21.5. The summed E-state index contributed by atoms with van der Waals surface area (Å²) in [6, 6.07) is 14.7. The van der Waals surface area contributed by atoms with Gasteiger partial charge in [0.25, 0.3) is 11.8 Å². The predicted octanol–water partition coefficient (Wildman–Crippen LogP) is 5.22. The largest absolute Gasteiger partial charge is 0.497 e. The summed E-state index contributed by atoms with van der Waals surface area (Å²) in [7, 11) is 2.97. The quantitative estimate of drug-likeness (QED) is 0.339. The van der Waals surface area contributed by atoms with Crippen molar-refractivity contribution in [1.82, 2.24) is 5.32 Å². The molecule has 8 nitrogen and oxygen atoms in total. The van der Waals surface area contributed by atoms with Crippen molar-refractivity contribution in [3.05, 3.63) is 87.4 Å². The highest BCUT2D eigenvalue weighted by Gasteiger charge is 2.37. The van der Waals surface area contributed by atoms with E-state index in [0.29, 0.717) is 22.8 Å². The van der Waals surface area contributed by atoms with Gasteiger partial charge in [0.15, 0.2) is 11.5 Å². The second-order valence-corrected chi connectivity index (χ2v) is 8.88. The average molecular weight is 521 g/mol. The highest BCUT2D eigenvalue weighted by Crippen LogP contribution is 2.38. The van der Waals surface area contributed by atoms with Gasteiger partial charge in [-0.2, -0.15) is 0 Å². The summed E-state index contributed by atoms with van der Waals surface area (Å²) in [5.74, 6) is -0.369. The number of aryl methyl sites for hydroxylation is 2. The fourth-order valence-electron chi connectivity index (χ4n) is 4.06. The van der Waals surface area contributed by atoms with Gasteiger partial charge in [-0.15, -0.1) is 0 Å². The van der Waals surface area contributed by atoms with Crippen molar-refractivity contribution in [2.24, 2.45) is 0 Å². The Balaban J connectivity index is 1.63. The molecule has 1 aliphatic rings. The van der Waals surface area contributed by atoms with E-state index in [1.54, 1.807) is 36.4 Å². The van der Waals surface area contributed by atoms with Crippen molar-refractivity contribution < 1.29 is 28.6 Å². The monoisotopic (exact) mass is 520 g/mol. The van der Waals surface area contributed by atoms with Crippen LogP contribution in [-0.2, 0) is 16.2 Å². The Morgan fingerprint density at radius 1 is 0.919 bits per heavy atom. The Morgan fingerprint density at radius 2 is 1.59 bits per heavy atom. The van der Waals surface area contributed by atoms with E-state index in [1.165, 1.54) is 20.3 Å². The van der Waals surface area contributed by atoms with E-state index in [4.69, 9.17) is 25.8 Å². The molecule has 190 valence electrons. The molecule has 4 amide bonds. The molecule has 0 radical (unpaired) electrons. The fraction of sp³-hybridized carbons (Fsp3) is 0.179. The number of halogens is 1. The topological polar surface area (TPSA) is 94.2 Å². The molecule has 0 bridgehead atoms. The van der Waals surface area contributed by atoms with Crippen LogP contribution in [0.5, 0.6) is 17.2 Å². The first-order valence-electron chi connectivity index (χ1n) is 11.3. The Kier molecular flexibility index (Phi) is 7.50. The number of hydrogen-bond donors (Lipinski definition) is 1. The molecule has 1 heterocycles. The number of urea groups is 1. The summed E-state index contributed by atoms with van der Waals surface area (Å²) in [6.07, 6.45) is 1.35. The molecular weight excluding hydrogens is 496 g/mol. The van der Waals surface area contributed by atoms with E-state index in [1.807, 2.05) is 26.0 Å². The number of imide groups is 2. The minimum absolute atomic E-state index is 0.238. The Labute approximate surface area is 219 Å². The average Bonchev–Trinajstić information content (AvgIpc) is 2.85. The lowest BCUT2D eigenvalue weighted by atomic mass is 10.1. The number of ether oxygens (including phenoxy) is 3. The molecule has 0 atom stereocenters. The molecule has 37 heavy (non-hydrogen) atoms. The van der Waals surface area contributed by atoms with Crippen molar-refractivity contribution in [3.8, 4) is 17.2 Å². The molecule has 0 aromatic heterocycles. The maximum absolute atomic E-state index is 13.2. The third-order valence-corrected chi connectivity index (χ3v) is 5.94. The lowest BCUT2D eigenvalue weighted by Crippen LogP contribution is -2.54. The molecular formula is C28H25ClN2O6. The maximum atomic E-state index is 13.2. The zero-order valence-electron chi connectivity index (χ0n) is 20.8. The predicted molar refractivity (Wildman–Crippen MR) is 140 cm³/mol. The van der Waals surface area contributed by atoms with Crippen molar-refractivity contribution in [2.45, 2.75) is 20.5 Å². The molecule has 1 aliphatic heterocycles. The summed E-state index contributed by atoms with van der Waals surface area (Å²) in [5, 5.41) is 2.44. The van der Waals surface area contributed by atoms with Crippen molar-refractivity contribution >= 4 is 41.2 Å². The third kappa shape index (κ3) is 5.59. The number of benzene rings is 3. The molecule has 1 N–H and O–H groups in total. The van der Waals surface area contributed by atoms with Gasteiger partial charge in [0.2, 0.25) is 0 Å². The van der Waals surface area contributed by atoms with Crippen LogP contribution in [0.4, 0.5) is 10.5 Å². The molecule has 4 rings (SSSR count). The van der Waals surface area contributed by atoms with Crippen LogP contribution in [0.25, 0.3) is 6.08 Å². The minimum atomic E-state index is -0.844. The normalized spacial score (nSPS) is 14.6. The summed E-state index contributed by atoms with van der Waals surface area (Å²) < 4.78 is 16.6. The first-order valence-corrected chi connectivity index (χ1v) is 11.7. The van der Waals surface area contributed by atoms with Crippen LogP contribution in [0.3, 0.4) is 0 Å². The van der Waals surface area contributed by atoms with E-state index in [2.05, 4.69) is 11.4 Å². The smallest absolute Gasteiger partial charge is 0.335 e. The minimum Gasteiger partial charge on any atom is -0.497 e. The van der Waals surface area contributed by atoms with Crippen LogP contribution in [0, 0.1) is 13.8 Å². The lowest BCUT2D eigenvalue weighted by molar-refractivity contribution is -0.122. The van der Waals surface area contributed by atoms with E-state index < -0.39 is 17.8 Å². The molecule has 1 saturated heterocycles. The molecule has 3 aromatic carbocycles. The maximum Gasteiger partial charge on any atom is 0.335 e. The van der Waals surface area contributed by atoms with Crippen LogP contribution in [0.2, 0.25) is 5.02 Å². The Bertz CT molecular complexity index is 1390. The van der Waals surface area contributed by atoms with Crippen LogP contribution in [-0.4, -0.2) is 32.1 Å². The van der Waals surface area contributed by atoms with Gasteiger partial charge in [-0.25, -0.2) is 9.69 Å². The number of amides is 4. The van der Waals surface area contributed by atoms with E-state index in [-0.39, 0.29) is 22.9 Å². The van der Waals surface area contributed by atoms with Crippen molar-refractivity contribution in [3.63, 3.8) is 0 Å². The summed E-state index contributed by atoms with van der Waals surface area (Å²) in [4.78, 5) is 39.1. The third-order valence-electron chi connectivity index (χ3n) is 5.66. The van der Waals surface area contributed by atoms with E-state index >= 15 is 0 Å². The number of nitrogens with one attached hydrogen (secondary N) is 1.